The van der Waals surface area contributed by atoms with Gasteiger partial charge in [-0.1, -0.05) is 0 Å². The molecule has 14 heavy (non-hydrogen) atoms. The van der Waals surface area contributed by atoms with Crippen LogP contribution in [0.1, 0.15) is 32.1 Å². The maximum Gasteiger partial charge on any atom is 0.0613 e. The Morgan fingerprint density at radius 3 is 2.71 bits per heavy atom. The molecule has 82 valence electrons. The third-order valence-corrected chi connectivity index (χ3v) is 3.66. The molecule has 0 saturated carbocycles. The second-order valence-corrected chi connectivity index (χ2v) is 4.73. The summed E-state index contributed by atoms with van der Waals surface area (Å²) in [7, 11) is 0. The Kier molecular flexibility index (Phi) is 3.42. The lowest BCUT2D eigenvalue weighted by atomic mass is 9.83. The number of ether oxygens (including phenoxy) is 1. The zero-order valence-electron chi connectivity index (χ0n) is 8.80. The number of hydrogen-bond acceptors (Lipinski definition) is 3. The molecule has 3 heteroatoms. The molecule has 0 bridgehead atoms. The minimum Gasteiger partial charge on any atom is -0.394 e. The molecule has 0 amide bonds. The molecule has 0 radical (unpaired) electrons. The van der Waals surface area contributed by atoms with E-state index in [1.807, 2.05) is 0 Å². The molecular formula is C11H21NO2. The van der Waals surface area contributed by atoms with E-state index in [0.717, 1.165) is 38.5 Å². The fourth-order valence-corrected chi connectivity index (χ4v) is 2.75. The van der Waals surface area contributed by atoms with Crippen LogP contribution in [0.3, 0.4) is 0 Å². The first-order valence-electron chi connectivity index (χ1n) is 5.78. The topological polar surface area (TPSA) is 41.5 Å². The van der Waals surface area contributed by atoms with E-state index < -0.39 is 0 Å². The lowest BCUT2D eigenvalue weighted by molar-refractivity contribution is 0.0465. The average molecular weight is 199 g/mol. The van der Waals surface area contributed by atoms with Crippen LogP contribution in [0.25, 0.3) is 0 Å². The minimum atomic E-state index is 0.0437. The standard InChI is InChI=1S/C11H21NO2/c13-9-11(4-1-5-12-11)8-10-2-6-14-7-3-10/h10,12-13H,1-9H2. The van der Waals surface area contributed by atoms with Crippen molar-refractivity contribution in [3.8, 4) is 0 Å². The number of aliphatic hydroxyl groups is 1. The third-order valence-electron chi connectivity index (χ3n) is 3.66. The van der Waals surface area contributed by atoms with Crippen LogP contribution >= 0.6 is 0 Å². The fraction of sp³-hybridized carbons (Fsp3) is 1.00. The van der Waals surface area contributed by atoms with Gasteiger partial charge in [0.05, 0.1) is 6.61 Å². The SMILES string of the molecule is OCC1(CC2CCOCC2)CCCN1. The molecule has 0 aromatic rings. The molecule has 0 aromatic carbocycles. The van der Waals surface area contributed by atoms with Crippen LogP contribution < -0.4 is 5.32 Å². The zero-order valence-corrected chi connectivity index (χ0v) is 8.80. The van der Waals surface area contributed by atoms with E-state index in [1.165, 1.54) is 19.3 Å². The van der Waals surface area contributed by atoms with Crippen molar-refractivity contribution >= 4 is 0 Å². The van der Waals surface area contributed by atoms with Crippen molar-refractivity contribution in [2.24, 2.45) is 5.92 Å². The molecule has 0 aliphatic carbocycles. The van der Waals surface area contributed by atoms with Crippen molar-refractivity contribution in [3.05, 3.63) is 0 Å². The Hall–Kier alpha value is -0.120. The summed E-state index contributed by atoms with van der Waals surface area (Å²) in [6.07, 6.45) is 5.82. The van der Waals surface area contributed by atoms with E-state index >= 15 is 0 Å². The van der Waals surface area contributed by atoms with Crippen molar-refractivity contribution in [2.45, 2.75) is 37.6 Å². The summed E-state index contributed by atoms with van der Waals surface area (Å²) in [5, 5.41) is 12.9. The molecule has 2 saturated heterocycles. The summed E-state index contributed by atoms with van der Waals surface area (Å²) in [5.41, 5.74) is 0.0437. The van der Waals surface area contributed by atoms with Gasteiger partial charge in [0, 0.05) is 18.8 Å². The summed E-state index contributed by atoms with van der Waals surface area (Å²) in [5.74, 6) is 0.751. The summed E-state index contributed by atoms with van der Waals surface area (Å²) >= 11 is 0. The van der Waals surface area contributed by atoms with E-state index in [2.05, 4.69) is 5.32 Å². The molecule has 3 nitrogen and oxygen atoms in total. The largest absolute Gasteiger partial charge is 0.394 e. The molecule has 1 atom stereocenters. The first kappa shape index (κ1) is 10.4. The smallest absolute Gasteiger partial charge is 0.0613 e. The zero-order chi connectivity index (χ0) is 9.86. The maximum atomic E-state index is 9.45. The highest BCUT2D eigenvalue weighted by Gasteiger charge is 2.35. The van der Waals surface area contributed by atoms with Crippen LogP contribution in [0.5, 0.6) is 0 Å². The molecule has 2 fully saturated rings. The monoisotopic (exact) mass is 199 g/mol. The van der Waals surface area contributed by atoms with Crippen LogP contribution in [-0.4, -0.2) is 37.0 Å². The van der Waals surface area contributed by atoms with Crippen molar-refractivity contribution < 1.29 is 9.84 Å². The lowest BCUT2D eigenvalue weighted by Gasteiger charge is -2.33. The van der Waals surface area contributed by atoms with E-state index in [4.69, 9.17) is 4.74 Å². The van der Waals surface area contributed by atoms with Gasteiger partial charge in [-0.05, 0) is 44.6 Å². The highest BCUT2D eigenvalue weighted by molar-refractivity contribution is 4.94. The van der Waals surface area contributed by atoms with Crippen molar-refractivity contribution in [1.82, 2.24) is 5.32 Å². The molecule has 2 heterocycles. The molecule has 2 aliphatic heterocycles. The maximum absolute atomic E-state index is 9.45. The molecule has 1 unspecified atom stereocenters. The second-order valence-electron chi connectivity index (χ2n) is 4.73. The summed E-state index contributed by atoms with van der Waals surface area (Å²) < 4.78 is 5.35. The summed E-state index contributed by atoms with van der Waals surface area (Å²) in [6.45, 7) is 3.19. The van der Waals surface area contributed by atoms with E-state index in [0.29, 0.717) is 6.61 Å². The van der Waals surface area contributed by atoms with Crippen LogP contribution in [0.4, 0.5) is 0 Å². The van der Waals surface area contributed by atoms with Gasteiger partial charge in [-0.3, -0.25) is 0 Å². The summed E-state index contributed by atoms with van der Waals surface area (Å²) in [4.78, 5) is 0. The predicted molar refractivity (Wildman–Crippen MR) is 55.2 cm³/mol. The van der Waals surface area contributed by atoms with E-state index in [9.17, 15) is 5.11 Å². The van der Waals surface area contributed by atoms with Crippen LogP contribution in [0.2, 0.25) is 0 Å². The van der Waals surface area contributed by atoms with Crippen molar-refractivity contribution in [1.29, 1.82) is 0 Å². The van der Waals surface area contributed by atoms with Gasteiger partial charge in [-0.25, -0.2) is 0 Å². The summed E-state index contributed by atoms with van der Waals surface area (Å²) in [6, 6.07) is 0. The Morgan fingerprint density at radius 2 is 2.14 bits per heavy atom. The molecule has 0 aromatic heterocycles. The van der Waals surface area contributed by atoms with Crippen molar-refractivity contribution in [3.63, 3.8) is 0 Å². The molecule has 2 N–H and O–H groups in total. The van der Waals surface area contributed by atoms with Crippen LogP contribution in [-0.2, 0) is 4.74 Å². The Bertz CT molecular complexity index is 172. The van der Waals surface area contributed by atoms with Gasteiger partial charge in [-0.15, -0.1) is 0 Å². The third kappa shape index (κ3) is 2.27. The highest BCUT2D eigenvalue weighted by Crippen LogP contribution is 2.30. The number of hydrogen-bond donors (Lipinski definition) is 2. The Morgan fingerprint density at radius 1 is 1.36 bits per heavy atom. The van der Waals surface area contributed by atoms with Crippen LogP contribution in [0, 0.1) is 5.92 Å². The molecule has 2 rings (SSSR count). The van der Waals surface area contributed by atoms with E-state index in [1.54, 1.807) is 0 Å². The van der Waals surface area contributed by atoms with Gasteiger partial charge in [-0.2, -0.15) is 0 Å². The quantitative estimate of drug-likeness (QED) is 0.710. The van der Waals surface area contributed by atoms with Gasteiger partial charge >= 0.3 is 0 Å². The molecular weight excluding hydrogens is 178 g/mol. The van der Waals surface area contributed by atoms with Gasteiger partial charge < -0.3 is 15.2 Å². The van der Waals surface area contributed by atoms with Gasteiger partial charge in [0.25, 0.3) is 0 Å². The predicted octanol–water partition coefficient (Wildman–Crippen LogP) is 0.918. The number of rotatable bonds is 3. The molecule has 2 aliphatic rings. The highest BCUT2D eigenvalue weighted by atomic mass is 16.5. The van der Waals surface area contributed by atoms with Crippen molar-refractivity contribution in [2.75, 3.05) is 26.4 Å². The first-order valence-corrected chi connectivity index (χ1v) is 5.78. The van der Waals surface area contributed by atoms with Gasteiger partial charge in [0.15, 0.2) is 0 Å². The fourth-order valence-electron chi connectivity index (χ4n) is 2.75. The van der Waals surface area contributed by atoms with Gasteiger partial charge in [0.2, 0.25) is 0 Å². The second kappa shape index (κ2) is 4.60. The Balaban J connectivity index is 1.86. The van der Waals surface area contributed by atoms with E-state index in [-0.39, 0.29) is 5.54 Å². The van der Waals surface area contributed by atoms with Gasteiger partial charge in [0.1, 0.15) is 0 Å². The normalized spacial score (nSPS) is 34.9. The Labute approximate surface area is 85.8 Å². The molecule has 0 spiro atoms. The number of aliphatic hydroxyl groups excluding tert-OH is 1. The minimum absolute atomic E-state index is 0.0437. The lowest BCUT2D eigenvalue weighted by Crippen LogP contribution is -2.45. The number of nitrogens with one attached hydrogen (secondary N) is 1. The van der Waals surface area contributed by atoms with Crippen LogP contribution in [0.15, 0.2) is 0 Å². The first-order chi connectivity index (χ1) is 6.85. The average Bonchev–Trinajstić information content (AvgIpc) is 2.69.